The number of morpholine rings is 1. The molecule has 37 heavy (non-hydrogen) atoms. The smallest absolute Gasteiger partial charge is 0.278 e. The Morgan fingerprint density at radius 1 is 1.22 bits per heavy atom. The van der Waals surface area contributed by atoms with E-state index in [9.17, 15) is 9.59 Å². The normalized spacial score (nSPS) is 16.8. The van der Waals surface area contributed by atoms with Gasteiger partial charge >= 0.3 is 0 Å². The van der Waals surface area contributed by atoms with Gasteiger partial charge in [-0.1, -0.05) is 12.5 Å². The van der Waals surface area contributed by atoms with Crippen molar-refractivity contribution < 1.29 is 14.3 Å². The van der Waals surface area contributed by atoms with Gasteiger partial charge in [-0.3, -0.25) is 19.3 Å². The summed E-state index contributed by atoms with van der Waals surface area (Å²) in [7, 11) is 1.68. The number of nitrogens with zero attached hydrogens (tertiary/aromatic N) is 6. The lowest BCUT2D eigenvalue weighted by molar-refractivity contribution is 0.0296. The first-order valence-corrected chi connectivity index (χ1v) is 12.6. The summed E-state index contributed by atoms with van der Waals surface area (Å²) in [5.41, 5.74) is 3.37. The Morgan fingerprint density at radius 3 is 2.65 bits per heavy atom. The fourth-order valence-electron chi connectivity index (χ4n) is 3.87. The van der Waals surface area contributed by atoms with Gasteiger partial charge in [0.1, 0.15) is 5.69 Å². The van der Waals surface area contributed by atoms with E-state index in [4.69, 9.17) is 4.74 Å². The predicted octanol–water partition coefficient (Wildman–Crippen LogP) is 3.51. The Morgan fingerprint density at radius 2 is 1.97 bits per heavy atom. The first-order valence-electron chi connectivity index (χ1n) is 12.6. The molecule has 196 valence electrons. The third-order valence-electron chi connectivity index (χ3n) is 6.27. The zero-order valence-corrected chi connectivity index (χ0v) is 21.8. The number of amides is 2. The monoisotopic (exact) mass is 506 g/mol. The third-order valence-corrected chi connectivity index (χ3v) is 6.27. The highest BCUT2D eigenvalue weighted by atomic mass is 16.5. The number of hydrogen-bond acceptors (Lipinski definition) is 8. The summed E-state index contributed by atoms with van der Waals surface area (Å²) in [4.78, 5) is 41.9. The Labute approximate surface area is 216 Å². The summed E-state index contributed by atoms with van der Waals surface area (Å²) in [6.07, 6.45) is 11.4. The van der Waals surface area contributed by atoms with Gasteiger partial charge in [-0.15, -0.1) is 0 Å². The average molecular weight is 507 g/mol. The summed E-state index contributed by atoms with van der Waals surface area (Å²) in [6, 6.07) is 0. The van der Waals surface area contributed by atoms with Crippen molar-refractivity contribution in [2.45, 2.75) is 46.0 Å². The molecular formula is C26H34N8O3. The Kier molecular flexibility index (Phi) is 8.44. The molecule has 0 spiro atoms. The van der Waals surface area contributed by atoms with E-state index < -0.39 is 5.91 Å². The highest BCUT2D eigenvalue weighted by Gasteiger charge is 2.29. The molecule has 1 aliphatic heterocycles. The van der Waals surface area contributed by atoms with Crippen molar-refractivity contribution in [3.8, 4) is 0 Å². The molecule has 1 saturated heterocycles. The topological polar surface area (TPSA) is 127 Å². The molecule has 1 aliphatic carbocycles. The second-order valence-electron chi connectivity index (χ2n) is 9.12. The molecule has 2 aromatic heterocycles. The standard InChI is InChI=1S/C26H34N8O3/c1-5-17(3)13-19(14-27-6-2)30-24-22(31-20(15-28-24)18-7-8-18)25(35)32-21-16-29-33(4)23(21)26(36)34-9-11-37-12-10-34/h6,13-16,18H,5,7-12H2,1-4H3,(H,28,30)(H,32,35)/b17-13+,19-14+,27-6-. The van der Waals surface area contributed by atoms with Gasteiger partial charge in [0.05, 0.1) is 42.7 Å². The molecule has 0 aromatic carbocycles. The number of ether oxygens (including phenoxy) is 1. The Balaban J connectivity index is 1.64. The van der Waals surface area contributed by atoms with E-state index >= 15 is 0 Å². The largest absolute Gasteiger partial charge is 0.378 e. The number of carbonyl (C=O) groups excluding carboxylic acids is 2. The molecular weight excluding hydrogens is 472 g/mol. The number of hydrogen-bond donors (Lipinski definition) is 2. The molecule has 1 saturated carbocycles. The van der Waals surface area contributed by atoms with E-state index in [1.165, 1.54) is 10.9 Å². The molecule has 2 aliphatic rings. The van der Waals surface area contributed by atoms with Crippen molar-refractivity contribution in [2.24, 2.45) is 12.0 Å². The number of rotatable bonds is 9. The summed E-state index contributed by atoms with van der Waals surface area (Å²) in [5.74, 6) is -0.0647. The van der Waals surface area contributed by atoms with Crippen LogP contribution in [0.3, 0.4) is 0 Å². The van der Waals surface area contributed by atoms with Gasteiger partial charge in [0.15, 0.2) is 11.5 Å². The van der Waals surface area contributed by atoms with Gasteiger partial charge in [0, 0.05) is 38.5 Å². The maximum atomic E-state index is 13.6. The highest BCUT2D eigenvalue weighted by Crippen LogP contribution is 2.39. The van der Waals surface area contributed by atoms with Crippen LogP contribution in [0.25, 0.3) is 0 Å². The summed E-state index contributed by atoms with van der Waals surface area (Å²) in [6.45, 7) is 7.86. The van der Waals surface area contributed by atoms with Crippen molar-refractivity contribution in [3.05, 3.63) is 53.0 Å². The minimum Gasteiger partial charge on any atom is -0.378 e. The molecule has 0 radical (unpaired) electrons. The molecule has 11 nitrogen and oxygen atoms in total. The molecule has 0 unspecified atom stereocenters. The zero-order valence-electron chi connectivity index (χ0n) is 21.8. The summed E-state index contributed by atoms with van der Waals surface area (Å²) >= 11 is 0. The first-order chi connectivity index (χ1) is 17.9. The second kappa shape index (κ2) is 11.9. The van der Waals surface area contributed by atoms with Crippen molar-refractivity contribution in [1.82, 2.24) is 24.6 Å². The Hall–Kier alpha value is -3.86. The number of aromatic nitrogens is 4. The number of carbonyl (C=O) groups is 2. The van der Waals surface area contributed by atoms with Crippen LogP contribution in [-0.2, 0) is 11.8 Å². The van der Waals surface area contributed by atoms with Gasteiger partial charge < -0.3 is 20.3 Å². The second-order valence-corrected chi connectivity index (χ2v) is 9.12. The van der Waals surface area contributed by atoms with Gasteiger partial charge in [0.25, 0.3) is 11.8 Å². The van der Waals surface area contributed by atoms with Crippen LogP contribution in [0.15, 0.2) is 40.9 Å². The minimum absolute atomic E-state index is 0.145. The fourth-order valence-corrected chi connectivity index (χ4v) is 3.87. The molecule has 2 amide bonds. The van der Waals surface area contributed by atoms with Crippen LogP contribution in [0.4, 0.5) is 11.5 Å². The van der Waals surface area contributed by atoms with E-state index in [2.05, 4.69) is 37.6 Å². The number of aliphatic imine (C=N–C) groups is 1. The SMILES string of the molecule is C\C=N/C=C(\C=C(/C)CC)Nc1ncc(C2CC2)nc1C(=O)Nc1cnn(C)c1C(=O)N1CCOCC1. The van der Waals surface area contributed by atoms with Crippen LogP contribution in [0.1, 0.15) is 72.6 Å². The molecule has 2 fully saturated rings. The molecule has 11 heteroatoms. The maximum Gasteiger partial charge on any atom is 0.278 e. The van der Waals surface area contributed by atoms with Crippen molar-refractivity contribution >= 4 is 29.5 Å². The number of nitrogens with one attached hydrogen (secondary N) is 2. The van der Waals surface area contributed by atoms with Gasteiger partial charge in [-0.25, -0.2) is 9.97 Å². The van der Waals surface area contributed by atoms with Gasteiger partial charge in [-0.2, -0.15) is 5.10 Å². The van der Waals surface area contributed by atoms with Gasteiger partial charge in [0.2, 0.25) is 0 Å². The summed E-state index contributed by atoms with van der Waals surface area (Å²) in [5, 5.41) is 10.3. The van der Waals surface area contributed by atoms with Gasteiger partial charge in [-0.05, 0) is 39.2 Å². The first kappa shape index (κ1) is 26.2. The quantitative estimate of drug-likeness (QED) is 0.394. The molecule has 0 atom stereocenters. The summed E-state index contributed by atoms with van der Waals surface area (Å²) < 4.78 is 6.83. The van der Waals surface area contributed by atoms with E-state index in [1.807, 2.05) is 19.9 Å². The van der Waals surface area contributed by atoms with E-state index in [0.29, 0.717) is 55.1 Å². The lowest BCUT2D eigenvalue weighted by atomic mass is 10.2. The van der Waals surface area contributed by atoms with E-state index in [0.717, 1.165) is 30.5 Å². The van der Waals surface area contributed by atoms with Crippen LogP contribution < -0.4 is 10.6 Å². The number of aryl methyl sites for hydroxylation is 1. The van der Waals surface area contributed by atoms with Crippen molar-refractivity contribution in [3.63, 3.8) is 0 Å². The zero-order chi connectivity index (χ0) is 26.4. The number of anilines is 2. The van der Waals surface area contributed by atoms with Crippen LogP contribution in [0, 0.1) is 0 Å². The average Bonchev–Trinajstić information content (AvgIpc) is 3.70. The van der Waals surface area contributed by atoms with E-state index in [1.54, 1.807) is 30.6 Å². The number of allylic oxidation sites excluding steroid dienone is 2. The van der Waals surface area contributed by atoms with Crippen LogP contribution in [0.5, 0.6) is 0 Å². The third kappa shape index (κ3) is 6.48. The highest BCUT2D eigenvalue weighted by molar-refractivity contribution is 6.09. The molecule has 4 rings (SSSR count). The lowest BCUT2D eigenvalue weighted by Gasteiger charge is -2.27. The van der Waals surface area contributed by atoms with Crippen LogP contribution in [0.2, 0.25) is 0 Å². The maximum absolute atomic E-state index is 13.6. The predicted molar refractivity (Wildman–Crippen MR) is 142 cm³/mol. The van der Waals surface area contributed by atoms with E-state index in [-0.39, 0.29) is 11.6 Å². The molecule has 2 N–H and O–H groups in total. The Bertz CT molecular complexity index is 1240. The molecule has 0 bridgehead atoms. The lowest BCUT2D eigenvalue weighted by Crippen LogP contribution is -2.41. The molecule has 3 heterocycles. The van der Waals surface area contributed by atoms with Crippen LogP contribution in [-0.4, -0.2) is 69.0 Å². The fraction of sp³-hybridized carbons (Fsp3) is 0.462. The van der Waals surface area contributed by atoms with Crippen molar-refractivity contribution in [2.75, 3.05) is 36.9 Å². The molecule has 2 aromatic rings. The minimum atomic E-state index is -0.476. The van der Waals surface area contributed by atoms with Crippen molar-refractivity contribution in [1.29, 1.82) is 0 Å². The van der Waals surface area contributed by atoms with Crippen LogP contribution >= 0.6 is 0 Å².